The molecular formula is C31H25N3O6S2. The number of amides is 1. The van der Waals surface area contributed by atoms with E-state index < -0.39 is 23.7 Å². The number of Topliss-reactive ketones (excluding diaryl/α,β-unsaturated/α-hetero) is 1. The number of carbonyl (C=O) groups is 3. The number of esters is 1. The minimum atomic E-state index is -1.000. The molecule has 212 valence electrons. The highest BCUT2D eigenvalue weighted by Gasteiger charge is 2.48. The van der Waals surface area contributed by atoms with Crippen molar-refractivity contribution < 1.29 is 29.0 Å². The van der Waals surface area contributed by atoms with Crippen LogP contribution >= 0.6 is 23.1 Å². The maximum atomic E-state index is 13.6. The van der Waals surface area contributed by atoms with Crippen molar-refractivity contribution in [2.45, 2.75) is 35.6 Å². The van der Waals surface area contributed by atoms with Crippen LogP contribution in [-0.4, -0.2) is 46.2 Å². The molecule has 1 saturated heterocycles. The zero-order chi connectivity index (χ0) is 29.4. The summed E-state index contributed by atoms with van der Waals surface area (Å²) < 4.78 is 11.2. The molecule has 2 aliphatic heterocycles. The van der Waals surface area contributed by atoms with Crippen molar-refractivity contribution in [1.82, 2.24) is 10.2 Å². The zero-order valence-electron chi connectivity index (χ0n) is 22.6. The topological polar surface area (TPSA) is 119 Å². The van der Waals surface area contributed by atoms with E-state index in [1.165, 1.54) is 35.1 Å². The summed E-state index contributed by atoms with van der Waals surface area (Å²) in [5.74, 6) is -1.10. The van der Waals surface area contributed by atoms with Crippen LogP contribution in [0.3, 0.4) is 0 Å². The van der Waals surface area contributed by atoms with Crippen LogP contribution in [0.2, 0.25) is 0 Å². The highest BCUT2D eigenvalue weighted by atomic mass is 32.2. The molecule has 0 saturated carbocycles. The van der Waals surface area contributed by atoms with Crippen LogP contribution in [0.15, 0.2) is 82.7 Å². The van der Waals surface area contributed by atoms with E-state index in [1.54, 1.807) is 42.5 Å². The Morgan fingerprint density at radius 1 is 1.07 bits per heavy atom. The van der Waals surface area contributed by atoms with Gasteiger partial charge in [-0.3, -0.25) is 14.5 Å². The number of hydrogen-bond donors (Lipinski definition) is 1. The van der Waals surface area contributed by atoms with Gasteiger partial charge in [-0.1, -0.05) is 65.6 Å². The quantitative estimate of drug-likeness (QED) is 0.0727. The zero-order valence-corrected chi connectivity index (χ0v) is 24.3. The minimum absolute atomic E-state index is 0.00246. The third-order valence-electron chi connectivity index (χ3n) is 7.07. The van der Waals surface area contributed by atoms with Gasteiger partial charge >= 0.3 is 11.9 Å². The standard InChI is InChI=1S/C31H25N3O6S2/c1-17-14-22-15-21(12-13-23(22)40-17)26(35)24-25(19-8-10-20(11-9-19)29(38)39-2)34(28(37)27(24)36)30-32-33-31(42-30)41-16-18-6-4-3-5-7-18/h3-13,15,17,25,35H,14,16H2,1-2H3/b26-24+/t17-,25-/m1/s1. The third kappa shape index (κ3) is 5.17. The fourth-order valence-corrected chi connectivity index (χ4v) is 6.89. The number of nitrogens with zero attached hydrogens (tertiary/aromatic N) is 3. The lowest BCUT2D eigenvalue weighted by atomic mass is 9.94. The van der Waals surface area contributed by atoms with Gasteiger partial charge in [-0.2, -0.15) is 0 Å². The summed E-state index contributed by atoms with van der Waals surface area (Å²) in [5, 5.41) is 20.3. The average Bonchev–Trinajstić information content (AvgIpc) is 3.70. The Balaban J connectivity index is 1.40. The molecule has 9 nitrogen and oxygen atoms in total. The van der Waals surface area contributed by atoms with Gasteiger partial charge in [0, 0.05) is 17.7 Å². The van der Waals surface area contributed by atoms with E-state index in [2.05, 4.69) is 10.2 Å². The Bertz CT molecular complexity index is 1720. The summed E-state index contributed by atoms with van der Waals surface area (Å²) in [6, 6.07) is 20.5. The van der Waals surface area contributed by atoms with E-state index in [9.17, 15) is 19.5 Å². The molecule has 42 heavy (non-hydrogen) atoms. The number of aromatic nitrogens is 2. The number of ketones is 1. The van der Waals surface area contributed by atoms with Gasteiger partial charge in [0.15, 0.2) is 4.34 Å². The normalized spacial score (nSPS) is 19.0. The highest BCUT2D eigenvalue weighted by Crippen LogP contribution is 2.44. The maximum Gasteiger partial charge on any atom is 0.337 e. The van der Waals surface area contributed by atoms with Crippen molar-refractivity contribution in [2.24, 2.45) is 0 Å². The van der Waals surface area contributed by atoms with Crippen molar-refractivity contribution in [1.29, 1.82) is 0 Å². The SMILES string of the molecule is COC(=O)c1ccc([C@@H]2/C(=C(\O)c3ccc4c(c3)C[C@@H](C)O4)C(=O)C(=O)N2c2nnc(SCc3ccccc3)s2)cc1. The van der Waals surface area contributed by atoms with Gasteiger partial charge < -0.3 is 14.6 Å². The van der Waals surface area contributed by atoms with Crippen molar-refractivity contribution >= 4 is 51.6 Å². The molecule has 0 aliphatic carbocycles. The van der Waals surface area contributed by atoms with E-state index in [0.717, 1.165) is 16.9 Å². The number of methoxy groups -OCH3 is 1. The van der Waals surface area contributed by atoms with Crippen molar-refractivity contribution in [3.05, 3.63) is 106 Å². The van der Waals surface area contributed by atoms with Gasteiger partial charge in [0.05, 0.1) is 24.3 Å². The van der Waals surface area contributed by atoms with Crippen LogP contribution in [0.4, 0.5) is 5.13 Å². The summed E-state index contributed by atoms with van der Waals surface area (Å²) in [4.78, 5) is 40.4. The number of benzene rings is 3. The molecule has 0 spiro atoms. The summed E-state index contributed by atoms with van der Waals surface area (Å²) >= 11 is 2.66. The smallest absolute Gasteiger partial charge is 0.337 e. The highest BCUT2D eigenvalue weighted by molar-refractivity contribution is 8.00. The molecule has 0 bridgehead atoms. The number of hydrogen-bond acceptors (Lipinski definition) is 10. The molecule has 1 aromatic heterocycles. The van der Waals surface area contributed by atoms with Gasteiger partial charge in [-0.25, -0.2) is 4.79 Å². The molecule has 2 atom stereocenters. The molecule has 0 unspecified atom stereocenters. The first-order chi connectivity index (χ1) is 20.3. The molecule has 2 aliphatic rings. The van der Waals surface area contributed by atoms with Crippen molar-refractivity contribution in [3.8, 4) is 5.75 Å². The molecule has 6 rings (SSSR count). The second-order valence-electron chi connectivity index (χ2n) is 9.86. The Hall–Kier alpha value is -4.48. The van der Waals surface area contributed by atoms with Gasteiger partial charge in [-0.05, 0) is 53.9 Å². The molecule has 1 amide bonds. The molecule has 1 N–H and O–H groups in total. The monoisotopic (exact) mass is 599 g/mol. The van der Waals surface area contributed by atoms with E-state index in [0.29, 0.717) is 33.2 Å². The summed E-state index contributed by atoms with van der Waals surface area (Å²) in [6.45, 7) is 1.96. The molecule has 3 aromatic carbocycles. The van der Waals surface area contributed by atoms with Gasteiger partial charge in [-0.15, -0.1) is 10.2 Å². The Morgan fingerprint density at radius 3 is 2.55 bits per heavy atom. The predicted octanol–water partition coefficient (Wildman–Crippen LogP) is 5.57. The maximum absolute atomic E-state index is 13.6. The van der Waals surface area contributed by atoms with E-state index in [4.69, 9.17) is 9.47 Å². The molecule has 11 heteroatoms. The summed E-state index contributed by atoms with van der Waals surface area (Å²) in [6.07, 6.45) is 0.667. The lowest BCUT2D eigenvalue weighted by molar-refractivity contribution is -0.132. The van der Waals surface area contributed by atoms with E-state index in [1.807, 2.05) is 37.3 Å². The Labute approximate surface area is 249 Å². The molecule has 0 radical (unpaired) electrons. The first kappa shape index (κ1) is 27.7. The Kier molecular flexibility index (Phi) is 7.53. The van der Waals surface area contributed by atoms with Crippen LogP contribution in [0, 0.1) is 0 Å². The first-order valence-corrected chi connectivity index (χ1v) is 14.9. The van der Waals surface area contributed by atoms with E-state index >= 15 is 0 Å². The summed E-state index contributed by atoms with van der Waals surface area (Å²) in [5.41, 5.74) is 3.16. The Morgan fingerprint density at radius 2 is 1.81 bits per heavy atom. The first-order valence-electron chi connectivity index (χ1n) is 13.1. The summed E-state index contributed by atoms with van der Waals surface area (Å²) in [7, 11) is 1.29. The number of aliphatic hydroxyl groups is 1. The van der Waals surface area contributed by atoms with Gasteiger partial charge in [0.2, 0.25) is 5.13 Å². The lowest BCUT2D eigenvalue weighted by Crippen LogP contribution is -2.29. The van der Waals surface area contributed by atoms with Crippen LogP contribution in [0.25, 0.3) is 5.76 Å². The number of rotatable bonds is 7. The molecular weight excluding hydrogens is 574 g/mol. The van der Waals surface area contributed by atoms with E-state index in [-0.39, 0.29) is 22.6 Å². The van der Waals surface area contributed by atoms with Crippen molar-refractivity contribution in [3.63, 3.8) is 0 Å². The molecule has 4 aromatic rings. The van der Waals surface area contributed by atoms with Crippen LogP contribution in [0.1, 0.15) is 45.6 Å². The van der Waals surface area contributed by atoms with Crippen LogP contribution < -0.4 is 9.64 Å². The van der Waals surface area contributed by atoms with Crippen LogP contribution in [-0.2, 0) is 26.5 Å². The van der Waals surface area contributed by atoms with Crippen molar-refractivity contribution in [2.75, 3.05) is 12.0 Å². The average molecular weight is 600 g/mol. The minimum Gasteiger partial charge on any atom is -0.507 e. The number of fused-ring (bicyclic) bond motifs is 1. The second-order valence-corrected chi connectivity index (χ2v) is 12.0. The van der Waals surface area contributed by atoms with Gasteiger partial charge in [0.1, 0.15) is 17.6 Å². The fraction of sp³-hybridized carbons (Fsp3) is 0.194. The number of anilines is 1. The number of aliphatic hydroxyl groups excluding tert-OH is 1. The number of thioether (sulfide) groups is 1. The van der Waals surface area contributed by atoms with Crippen LogP contribution in [0.5, 0.6) is 5.75 Å². The largest absolute Gasteiger partial charge is 0.507 e. The molecule has 1 fully saturated rings. The number of ether oxygens (including phenoxy) is 2. The third-order valence-corrected chi connectivity index (χ3v) is 9.20. The second kappa shape index (κ2) is 11.4. The predicted molar refractivity (Wildman–Crippen MR) is 159 cm³/mol. The lowest BCUT2D eigenvalue weighted by Gasteiger charge is -2.22. The van der Waals surface area contributed by atoms with Gasteiger partial charge in [0.25, 0.3) is 5.78 Å². The molecule has 3 heterocycles. The fourth-order valence-electron chi connectivity index (χ4n) is 5.07. The number of carbonyl (C=O) groups excluding carboxylic acids is 3.